The maximum atomic E-state index is 12.6. The Kier molecular flexibility index (Phi) is 5.72. The zero-order chi connectivity index (χ0) is 18.9. The minimum Gasteiger partial charge on any atom is -0.462 e. The average molecular weight is 380 g/mol. The molecule has 3 rings (SSSR count). The Labute approximate surface area is 159 Å². The van der Waals surface area contributed by atoms with Gasteiger partial charge in [0.15, 0.2) is 0 Å². The monoisotopic (exact) mass is 379 g/mol. The van der Waals surface area contributed by atoms with Crippen molar-refractivity contribution in [2.75, 3.05) is 18.5 Å². The second-order valence-corrected chi connectivity index (χ2v) is 9.33. The van der Waals surface area contributed by atoms with Crippen molar-refractivity contribution in [3.05, 3.63) is 16.0 Å². The van der Waals surface area contributed by atoms with E-state index >= 15 is 0 Å². The molecule has 6 heteroatoms. The largest absolute Gasteiger partial charge is 0.462 e. The Hall–Kier alpha value is -1.40. The summed E-state index contributed by atoms with van der Waals surface area (Å²) in [6.45, 7) is 9.55. The van der Waals surface area contributed by atoms with Crippen LogP contribution in [0.25, 0.3) is 0 Å². The molecular formula is C20H29NO4S. The van der Waals surface area contributed by atoms with E-state index in [0.717, 1.165) is 37.7 Å². The van der Waals surface area contributed by atoms with Gasteiger partial charge in [-0.3, -0.25) is 4.79 Å². The minimum atomic E-state index is -0.411. The molecule has 144 valence electrons. The summed E-state index contributed by atoms with van der Waals surface area (Å²) >= 11 is 1.53. The van der Waals surface area contributed by atoms with Crippen LogP contribution in [-0.2, 0) is 27.1 Å². The van der Waals surface area contributed by atoms with Crippen molar-refractivity contribution < 1.29 is 19.1 Å². The summed E-state index contributed by atoms with van der Waals surface area (Å²) < 4.78 is 10.8. The Morgan fingerprint density at radius 1 is 1.31 bits per heavy atom. The Morgan fingerprint density at radius 3 is 2.69 bits per heavy atom. The van der Waals surface area contributed by atoms with Gasteiger partial charge in [-0.1, -0.05) is 20.8 Å². The molecule has 1 aromatic rings. The lowest BCUT2D eigenvalue weighted by Gasteiger charge is -2.33. The minimum absolute atomic E-state index is 0.154. The summed E-state index contributed by atoms with van der Waals surface area (Å²) in [7, 11) is 0. The predicted octanol–water partition coefficient (Wildman–Crippen LogP) is 4.19. The van der Waals surface area contributed by atoms with Crippen LogP contribution in [0.5, 0.6) is 0 Å². The van der Waals surface area contributed by atoms with E-state index in [0.29, 0.717) is 29.7 Å². The molecule has 1 amide bonds. The van der Waals surface area contributed by atoms with Crippen LogP contribution in [0.1, 0.15) is 67.8 Å². The number of carbonyl (C=O) groups excluding carboxylic acids is 2. The number of hydrogen-bond acceptors (Lipinski definition) is 5. The molecule has 1 N–H and O–H groups in total. The van der Waals surface area contributed by atoms with Crippen LogP contribution < -0.4 is 5.32 Å². The second kappa shape index (κ2) is 7.69. The highest BCUT2D eigenvalue weighted by molar-refractivity contribution is 7.17. The van der Waals surface area contributed by atoms with E-state index in [1.54, 1.807) is 6.92 Å². The maximum Gasteiger partial charge on any atom is 0.341 e. The number of rotatable bonds is 4. The van der Waals surface area contributed by atoms with Crippen LogP contribution in [0.3, 0.4) is 0 Å². The maximum absolute atomic E-state index is 12.6. The fourth-order valence-electron chi connectivity index (χ4n) is 3.81. The number of nitrogens with one attached hydrogen (secondary N) is 1. The number of amides is 1. The van der Waals surface area contributed by atoms with E-state index in [2.05, 4.69) is 26.1 Å². The van der Waals surface area contributed by atoms with Crippen molar-refractivity contribution in [1.29, 1.82) is 0 Å². The zero-order valence-electron chi connectivity index (χ0n) is 16.1. The molecule has 0 bridgehead atoms. The highest BCUT2D eigenvalue weighted by Gasteiger charge is 2.35. The molecule has 1 aliphatic heterocycles. The summed E-state index contributed by atoms with van der Waals surface area (Å²) in [5.74, 6) is 0.0891. The molecule has 2 aliphatic rings. The van der Waals surface area contributed by atoms with Crippen molar-refractivity contribution in [3.8, 4) is 0 Å². The molecule has 0 radical (unpaired) electrons. The third-order valence-electron chi connectivity index (χ3n) is 5.43. The molecule has 1 aliphatic carbocycles. The first-order valence-corrected chi connectivity index (χ1v) is 10.4. The first kappa shape index (κ1) is 19.4. The molecule has 1 saturated heterocycles. The number of ether oxygens (including phenoxy) is 2. The van der Waals surface area contributed by atoms with Gasteiger partial charge in [0.05, 0.1) is 12.2 Å². The van der Waals surface area contributed by atoms with Gasteiger partial charge in [-0.05, 0) is 55.9 Å². The van der Waals surface area contributed by atoms with Gasteiger partial charge >= 0.3 is 5.97 Å². The highest BCUT2D eigenvalue weighted by Crippen LogP contribution is 2.44. The van der Waals surface area contributed by atoms with E-state index in [9.17, 15) is 9.59 Å². The Balaban J connectivity index is 1.89. The molecule has 0 saturated carbocycles. The molecule has 2 heterocycles. The van der Waals surface area contributed by atoms with Crippen LogP contribution in [0.4, 0.5) is 5.00 Å². The van der Waals surface area contributed by atoms with Crippen LogP contribution >= 0.6 is 11.3 Å². The first-order valence-electron chi connectivity index (χ1n) is 9.55. The van der Waals surface area contributed by atoms with Crippen LogP contribution in [0.2, 0.25) is 0 Å². The van der Waals surface area contributed by atoms with E-state index in [-0.39, 0.29) is 17.3 Å². The van der Waals surface area contributed by atoms with Crippen LogP contribution in [-0.4, -0.2) is 31.2 Å². The number of hydrogen-bond donors (Lipinski definition) is 1. The van der Waals surface area contributed by atoms with E-state index in [1.165, 1.54) is 16.2 Å². The van der Waals surface area contributed by atoms with E-state index in [4.69, 9.17) is 9.47 Å². The van der Waals surface area contributed by atoms with Crippen LogP contribution in [0.15, 0.2) is 0 Å². The summed E-state index contributed by atoms with van der Waals surface area (Å²) in [4.78, 5) is 26.3. The van der Waals surface area contributed by atoms with Crippen molar-refractivity contribution >= 4 is 28.2 Å². The number of fused-ring (bicyclic) bond motifs is 1. The summed E-state index contributed by atoms with van der Waals surface area (Å²) in [5.41, 5.74) is 1.86. The fraction of sp³-hybridized carbons (Fsp3) is 0.700. The SMILES string of the molecule is CCOC(=O)c1c(NC(=O)C2CCCO2)sc2c1CCC(C(C)(C)C)C2. The highest BCUT2D eigenvalue weighted by atomic mass is 32.1. The van der Waals surface area contributed by atoms with Crippen molar-refractivity contribution in [2.45, 2.75) is 65.9 Å². The predicted molar refractivity (Wildman–Crippen MR) is 103 cm³/mol. The third-order valence-corrected chi connectivity index (χ3v) is 6.60. The van der Waals surface area contributed by atoms with Crippen molar-refractivity contribution in [3.63, 3.8) is 0 Å². The third kappa shape index (κ3) is 3.96. The van der Waals surface area contributed by atoms with Gasteiger partial charge in [0.25, 0.3) is 5.91 Å². The molecule has 1 fully saturated rings. The standard InChI is InChI=1S/C20H29NO4S/c1-5-24-19(23)16-13-9-8-12(20(2,3)4)11-15(13)26-18(16)21-17(22)14-7-6-10-25-14/h12,14H,5-11H2,1-4H3,(H,21,22). The Morgan fingerprint density at radius 2 is 2.08 bits per heavy atom. The quantitative estimate of drug-likeness (QED) is 0.797. The fourth-order valence-corrected chi connectivity index (χ4v) is 5.13. The molecule has 0 spiro atoms. The number of anilines is 1. The lowest BCUT2D eigenvalue weighted by molar-refractivity contribution is -0.124. The summed E-state index contributed by atoms with van der Waals surface area (Å²) in [5, 5.41) is 3.58. The molecule has 0 aromatic carbocycles. The molecular weight excluding hydrogens is 350 g/mol. The topological polar surface area (TPSA) is 64.6 Å². The van der Waals surface area contributed by atoms with E-state index < -0.39 is 6.10 Å². The van der Waals surface area contributed by atoms with Gasteiger partial charge in [0, 0.05) is 11.5 Å². The normalized spacial score (nSPS) is 22.8. The molecule has 2 unspecified atom stereocenters. The number of esters is 1. The summed E-state index contributed by atoms with van der Waals surface area (Å²) in [6, 6.07) is 0. The lowest BCUT2D eigenvalue weighted by Crippen LogP contribution is -2.27. The first-order chi connectivity index (χ1) is 12.3. The molecule has 5 nitrogen and oxygen atoms in total. The molecule has 26 heavy (non-hydrogen) atoms. The van der Waals surface area contributed by atoms with Gasteiger partial charge in [-0.25, -0.2) is 4.79 Å². The van der Waals surface area contributed by atoms with Gasteiger partial charge in [-0.15, -0.1) is 11.3 Å². The van der Waals surface area contributed by atoms with Gasteiger partial charge in [0.2, 0.25) is 0 Å². The van der Waals surface area contributed by atoms with Crippen molar-refractivity contribution in [1.82, 2.24) is 0 Å². The van der Waals surface area contributed by atoms with Gasteiger partial charge in [0.1, 0.15) is 11.1 Å². The lowest BCUT2D eigenvalue weighted by atomic mass is 9.72. The van der Waals surface area contributed by atoms with Gasteiger partial charge in [-0.2, -0.15) is 0 Å². The number of thiophene rings is 1. The van der Waals surface area contributed by atoms with Crippen molar-refractivity contribution in [2.24, 2.45) is 11.3 Å². The summed E-state index contributed by atoms with van der Waals surface area (Å²) in [6.07, 6.45) is 4.09. The van der Waals surface area contributed by atoms with E-state index in [1.807, 2.05) is 0 Å². The number of carbonyl (C=O) groups is 2. The zero-order valence-corrected chi connectivity index (χ0v) is 17.0. The van der Waals surface area contributed by atoms with Crippen LogP contribution in [0, 0.1) is 11.3 Å². The average Bonchev–Trinajstić information content (AvgIpc) is 3.21. The Bertz CT molecular complexity index is 683. The second-order valence-electron chi connectivity index (χ2n) is 8.23. The smallest absolute Gasteiger partial charge is 0.341 e. The molecule has 2 atom stereocenters. The molecule has 1 aromatic heterocycles. The van der Waals surface area contributed by atoms with Gasteiger partial charge < -0.3 is 14.8 Å².